The van der Waals surface area contributed by atoms with Gasteiger partial charge in [-0.25, -0.2) is 4.79 Å². The maximum atomic E-state index is 12.1. The monoisotopic (exact) mass is 267 g/mol. The molecular weight excluding hydrogens is 246 g/mol. The molecule has 1 aliphatic rings. The van der Waals surface area contributed by atoms with E-state index in [1.54, 1.807) is 18.3 Å². The van der Waals surface area contributed by atoms with Crippen LogP contribution in [0.4, 0.5) is 4.79 Å². The highest BCUT2D eigenvalue weighted by Crippen LogP contribution is 2.30. The number of methoxy groups -OCH3 is 1. The van der Waals surface area contributed by atoms with Gasteiger partial charge in [0.2, 0.25) is 0 Å². The number of carbonyl (C=O) groups excluding carboxylic acids is 1. The van der Waals surface area contributed by atoms with E-state index in [9.17, 15) is 4.79 Å². The van der Waals surface area contributed by atoms with Gasteiger partial charge in [0.15, 0.2) is 0 Å². The molecule has 0 saturated carbocycles. The van der Waals surface area contributed by atoms with Crippen molar-refractivity contribution in [3.05, 3.63) is 24.2 Å². The van der Waals surface area contributed by atoms with E-state index in [0.29, 0.717) is 6.61 Å². The molecule has 0 bridgehead atoms. The van der Waals surface area contributed by atoms with Gasteiger partial charge in [-0.1, -0.05) is 12.8 Å². The number of hydrogen-bond donors (Lipinski definition) is 0. The summed E-state index contributed by atoms with van der Waals surface area (Å²) < 4.78 is 15.6. The van der Waals surface area contributed by atoms with Crippen LogP contribution in [0.3, 0.4) is 0 Å². The Morgan fingerprint density at radius 3 is 3.05 bits per heavy atom. The number of likely N-dealkylation sites (tertiary alicyclic amines) is 1. The fraction of sp³-hybridized carbons (Fsp3) is 0.643. The van der Waals surface area contributed by atoms with Crippen LogP contribution in [0.1, 0.15) is 37.5 Å². The van der Waals surface area contributed by atoms with Crippen LogP contribution in [0.5, 0.6) is 0 Å². The number of hydrogen-bond acceptors (Lipinski definition) is 4. The van der Waals surface area contributed by atoms with Gasteiger partial charge >= 0.3 is 6.09 Å². The molecule has 1 amide bonds. The molecule has 0 spiro atoms. The van der Waals surface area contributed by atoms with E-state index in [0.717, 1.165) is 38.0 Å². The van der Waals surface area contributed by atoms with Crippen LogP contribution in [0.15, 0.2) is 22.8 Å². The molecule has 0 radical (unpaired) electrons. The highest BCUT2D eigenvalue weighted by molar-refractivity contribution is 5.68. The first-order valence-electron chi connectivity index (χ1n) is 6.78. The molecular formula is C14H21NO4. The Hall–Kier alpha value is -1.49. The maximum Gasteiger partial charge on any atom is 0.410 e. The van der Waals surface area contributed by atoms with E-state index in [2.05, 4.69) is 0 Å². The van der Waals surface area contributed by atoms with Crippen molar-refractivity contribution in [2.45, 2.75) is 31.7 Å². The van der Waals surface area contributed by atoms with Crippen molar-refractivity contribution in [1.29, 1.82) is 0 Å². The molecule has 1 saturated heterocycles. The molecule has 106 valence electrons. The van der Waals surface area contributed by atoms with Crippen LogP contribution < -0.4 is 0 Å². The Labute approximate surface area is 113 Å². The normalized spacial score (nSPS) is 20.1. The third-order valence-electron chi connectivity index (χ3n) is 3.37. The Kier molecular flexibility index (Phi) is 5.27. The first kappa shape index (κ1) is 13.9. The summed E-state index contributed by atoms with van der Waals surface area (Å²) in [6.07, 6.45) is 5.55. The lowest BCUT2D eigenvalue weighted by molar-refractivity contribution is 0.0585. The summed E-state index contributed by atoms with van der Waals surface area (Å²) in [5.74, 6) is 0.839. The second-order valence-electron chi connectivity index (χ2n) is 4.68. The molecule has 1 atom stereocenters. The second kappa shape index (κ2) is 7.19. The Morgan fingerprint density at radius 1 is 1.42 bits per heavy atom. The molecule has 0 unspecified atom stereocenters. The van der Waals surface area contributed by atoms with E-state index in [4.69, 9.17) is 13.9 Å². The van der Waals surface area contributed by atoms with Crippen molar-refractivity contribution < 1.29 is 18.7 Å². The minimum absolute atomic E-state index is 0.00690. The van der Waals surface area contributed by atoms with Gasteiger partial charge in [-0.3, -0.25) is 4.90 Å². The Morgan fingerprint density at radius 2 is 2.32 bits per heavy atom. The molecule has 1 aromatic rings. The van der Waals surface area contributed by atoms with Gasteiger partial charge in [0.25, 0.3) is 0 Å². The van der Waals surface area contributed by atoms with Crippen molar-refractivity contribution in [2.24, 2.45) is 0 Å². The number of rotatable bonds is 4. The van der Waals surface area contributed by atoms with Crippen LogP contribution in [0, 0.1) is 0 Å². The second-order valence-corrected chi connectivity index (χ2v) is 4.68. The van der Waals surface area contributed by atoms with E-state index in [1.807, 2.05) is 12.1 Å². The topological polar surface area (TPSA) is 51.9 Å². The van der Waals surface area contributed by atoms with E-state index in [1.165, 1.54) is 0 Å². The molecule has 0 aromatic carbocycles. The molecule has 2 rings (SSSR count). The maximum absolute atomic E-state index is 12.1. The predicted molar refractivity (Wildman–Crippen MR) is 69.8 cm³/mol. The van der Waals surface area contributed by atoms with Crippen LogP contribution in [-0.2, 0) is 9.47 Å². The van der Waals surface area contributed by atoms with Gasteiger partial charge in [0, 0.05) is 13.7 Å². The Bertz CT molecular complexity index is 377. The smallest absolute Gasteiger partial charge is 0.410 e. The molecule has 0 aliphatic carbocycles. The third kappa shape index (κ3) is 3.73. The first-order valence-corrected chi connectivity index (χ1v) is 6.78. The number of nitrogens with zero attached hydrogens (tertiary/aromatic N) is 1. The lowest BCUT2D eigenvalue weighted by Crippen LogP contribution is -2.35. The summed E-state index contributed by atoms with van der Waals surface area (Å²) in [4.78, 5) is 13.9. The number of furan rings is 1. The largest absolute Gasteiger partial charge is 0.467 e. The zero-order valence-corrected chi connectivity index (χ0v) is 11.3. The molecule has 5 heteroatoms. The minimum Gasteiger partial charge on any atom is -0.467 e. The van der Waals surface area contributed by atoms with Crippen LogP contribution in [0.2, 0.25) is 0 Å². The molecule has 5 nitrogen and oxygen atoms in total. The lowest BCUT2D eigenvalue weighted by Gasteiger charge is -2.27. The van der Waals surface area contributed by atoms with E-state index in [-0.39, 0.29) is 18.7 Å². The highest BCUT2D eigenvalue weighted by atomic mass is 16.6. The lowest BCUT2D eigenvalue weighted by atomic mass is 10.1. The van der Waals surface area contributed by atoms with Crippen LogP contribution in [0.25, 0.3) is 0 Å². The molecule has 0 N–H and O–H groups in total. The molecule has 1 aliphatic heterocycles. The Balaban J connectivity index is 2.02. The zero-order chi connectivity index (χ0) is 13.5. The van der Waals surface area contributed by atoms with Gasteiger partial charge in [0.1, 0.15) is 12.4 Å². The number of ether oxygens (including phenoxy) is 2. The van der Waals surface area contributed by atoms with E-state index >= 15 is 0 Å². The standard InChI is InChI=1S/C14H21NO4/c1-17-10-11-19-14(16)15-8-4-2-3-6-12(15)13-7-5-9-18-13/h5,7,9,12H,2-4,6,8,10-11H2,1H3/t12-/m1/s1. The van der Waals surface area contributed by atoms with Crippen LogP contribution in [-0.4, -0.2) is 37.9 Å². The summed E-state index contributed by atoms with van der Waals surface area (Å²) in [6.45, 7) is 1.43. The summed E-state index contributed by atoms with van der Waals surface area (Å²) in [5, 5.41) is 0. The molecule has 1 aromatic heterocycles. The van der Waals surface area contributed by atoms with Crippen molar-refractivity contribution >= 4 is 6.09 Å². The average molecular weight is 267 g/mol. The van der Waals surface area contributed by atoms with Crippen molar-refractivity contribution in [3.63, 3.8) is 0 Å². The first-order chi connectivity index (χ1) is 9.33. The summed E-state index contributed by atoms with van der Waals surface area (Å²) in [7, 11) is 1.59. The quantitative estimate of drug-likeness (QED) is 0.787. The number of amides is 1. The van der Waals surface area contributed by atoms with E-state index < -0.39 is 0 Å². The minimum atomic E-state index is -0.277. The van der Waals surface area contributed by atoms with Gasteiger partial charge in [-0.2, -0.15) is 0 Å². The summed E-state index contributed by atoms with van der Waals surface area (Å²) in [5.41, 5.74) is 0. The van der Waals surface area contributed by atoms with Gasteiger partial charge in [0.05, 0.1) is 18.9 Å². The fourth-order valence-electron chi connectivity index (χ4n) is 2.40. The zero-order valence-electron chi connectivity index (χ0n) is 11.3. The molecule has 19 heavy (non-hydrogen) atoms. The number of carbonyl (C=O) groups is 1. The molecule has 1 fully saturated rings. The van der Waals surface area contributed by atoms with Crippen molar-refractivity contribution in [2.75, 3.05) is 26.9 Å². The molecule has 2 heterocycles. The predicted octanol–water partition coefficient (Wildman–Crippen LogP) is 2.98. The highest BCUT2D eigenvalue weighted by Gasteiger charge is 2.29. The van der Waals surface area contributed by atoms with Gasteiger partial charge in [-0.15, -0.1) is 0 Å². The average Bonchev–Trinajstić information content (AvgIpc) is 2.83. The summed E-state index contributed by atoms with van der Waals surface area (Å²) in [6, 6.07) is 3.77. The van der Waals surface area contributed by atoms with Crippen LogP contribution >= 0.6 is 0 Å². The van der Waals surface area contributed by atoms with Gasteiger partial charge < -0.3 is 13.9 Å². The summed E-state index contributed by atoms with van der Waals surface area (Å²) >= 11 is 0. The SMILES string of the molecule is COCCOC(=O)N1CCCCC[C@@H]1c1ccco1. The third-order valence-corrected chi connectivity index (χ3v) is 3.37. The van der Waals surface area contributed by atoms with Gasteiger partial charge in [-0.05, 0) is 25.0 Å². The van der Waals surface area contributed by atoms with Crippen molar-refractivity contribution in [3.8, 4) is 0 Å². The van der Waals surface area contributed by atoms with Crippen molar-refractivity contribution in [1.82, 2.24) is 4.90 Å². The fourth-order valence-corrected chi connectivity index (χ4v) is 2.40.